The number of H-pyrrole nitrogens is 2. The number of nitrogens with zero attached hydrogens (tertiary/aromatic N) is 1. The molecule has 3 aromatic rings. The lowest BCUT2D eigenvalue weighted by Gasteiger charge is -2.00. The number of hydrogen-bond donors (Lipinski definition) is 2. The van der Waals surface area contributed by atoms with E-state index in [1.807, 2.05) is 24.0 Å². The van der Waals surface area contributed by atoms with E-state index < -0.39 is 21.9 Å². The van der Waals surface area contributed by atoms with Gasteiger partial charge in [-0.3, -0.25) is 19.9 Å². The van der Waals surface area contributed by atoms with Crippen LogP contribution >= 0.6 is 11.6 Å². The Labute approximate surface area is 150 Å². The SMILES string of the molecule is Cc1ccc(-c2ccc(/C=C/c3[nH]c(=O)[nH]c(=O)c3[N+](=O)[O-])o2)cc1Cl. The third-order valence-electron chi connectivity index (χ3n) is 3.63. The second-order valence-corrected chi connectivity index (χ2v) is 5.83. The average molecular weight is 374 g/mol. The molecular weight excluding hydrogens is 362 g/mol. The first-order valence-corrected chi connectivity index (χ1v) is 7.78. The fourth-order valence-corrected chi connectivity index (χ4v) is 2.49. The number of aryl methyl sites for hydroxylation is 1. The van der Waals surface area contributed by atoms with Crippen molar-refractivity contribution in [2.75, 3.05) is 0 Å². The maximum Gasteiger partial charge on any atom is 0.357 e. The van der Waals surface area contributed by atoms with Gasteiger partial charge < -0.3 is 9.40 Å². The van der Waals surface area contributed by atoms with Gasteiger partial charge in [-0.05, 0) is 42.8 Å². The van der Waals surface area contributed by atoms with E-state index in [1.54, 1.807) is 18.2 Å². The third-order valence-corrected chi connectivity index (χ3v) is 4.03. The Kier molecular flexibility index (Phi) is 4.59. The average Bonchev–Trinajstić information content (AvgIpc) is 3.03. The smallest absolute Gasteiger partial charge is 0.357 e. The number of nitro groups is 1. The molecule has 1 aromatic carbocycles. The molecule has 2 heterocycles. The predicted octanol–water partition coefficient (Wildman–Crippen LogP) is 3.36. The Bertz CT molecular complexity index is 1140. The van der Waals surface area contributed by atoms with Crippen molar-refractivity contribution in [2.45, 2.75) is 6.92 Å². The van der Waals surface area contributed by atoms with Crippen LogP contribution in [0.4, 0.5) is 5.69 Å². The summed E-state index contributed by atoms with van der Waals surface area (Å²) < 4.78 is 5.65. The summed E-state index contributed by atoms with van der Waals surface area (Å²) in [5.41, 5.74) is -1.18. The Hall–Kier alpha value is -3.39. The monoisotopic (exact) mass is 373 g/mol. The van der Waals surface area contributed by atoms with Crippen LogP contribution in [0.15, 0.2) is 44.3 Å². The van der Waals surface area contributed by atoms with E-state index in [0.717, 1.165) is 11.1 Å². The fourth-order valence-electron chi connectivity index (χ4n) is 2.31. The van der Waals surface area contributed by atoms with Crippen LogP contribution in [0.3, 0.4) is 0 Å². The minimum Gasteiger partial charge on any atom is -0.457 e. The number of aromatic nitrogens is 2. The lowest BCUT2D eigenvalue weighted by atomic mass is 10.1. The first-order valence-electron chi connectivity index (χ1n) is 7.40. The molecule has 2 N–H and O–H groups in total. The molecule has 0 aliphatic carbocycles. The molecule has 3 rings (SSSR count). The molecule has 0 saturated heterocycles. The quantitative estimate of drug-likeness (QED) is 0.536. The molecule has 26 heavy (non-hydrogen) atoms. The van der Waals surface area contributed by atoms with Crippen LogP contribution < -0.4 is 11.2 Å². The van der Waals surface area contributed by atoms with Crippen molar-refractivity contribution in [2.24, 2.45) is 0 Å². The first kappa shape index (κ1) is 17.4. The number of nitrogens with one attached hydrogen (secondary N) is 2. The number of furan rings is 1. The van der Waals surface area contributed by atoms with Crippen molar-refractivity contribution in [3.05, 3.63) is 83.3 Å². The second kappa shape index (κ2) is 6.85. The molecule has 9 heteroatoms. The third kappa shape index (κ3) is 3.50. The van der Waals surface area contributed by atoms with E-state index in [2.05, 4.69) is 4.98 Å². The van der Waals surface area contributed by atoms with Crippen LogP contribution in [0.2, 0.25) is 5.02 Å². The van der Waals surface area contributed by atoms with Gasteiger partial charge in [0.1, 0.15) is 17.2 Å². The zero-order chi connectivity index (χ0) is 18.8. The largest absolute Gasteiger partial charge is 0.457 e. The van der Waals surface area contributed by atoms with Crippen molar-refractivity contribution < 1.29 is 9.34 Å². The highest BCUT2D eigenvalue weighted by atomic mass is 35.5. The summed E-state index contributed by atoms with van der Waals surface area (Å²) >= 11 is 6.10. The molecule has 132 valence electrons. The zero-order valence-electron chi connectivity index (χ0n) is 13.4. The van der Waals surface area contributed by atoms with Gasteiger partial charge in [0.05, 0.1) is 4.92 Å². The number of aromatic amines is 2. The van der Waals surface area contributed by atoms with Gasteiger partial charge in [-0.25, -0.2) is 4.79 Å². The number of benzene rings is 1. The second-order valence-electron chi connectivity index (χ2n) is 5.43. The van der Waals surface area contributed by atoms with Gasteiger partial charge in [0.2, 0.25) is 0 Å². The molecule has 0 aliphatic heterocycles. The van der Waals surface area contributed by atoms with Crippen LogP contribution in [0, 0.1) is 17.0 Å². The molecule has 0 saturated carbocycles. The summed E-state index contributed by atoms with van der Waals surface area (Å²) in [6.45, 7) is 1.89. The van der Waals surface area contributed by atoms with Gasteiger partial charge in [0.15, 0.2) is 0 Å². The van der Waals surface area contributed by atoms with Gasteiger partial charge in [-0.1, -0.05) is 23.7 Å². The summed E-state index contributed by atoms with van der Waals surface area (Å²) in [7, 11) is 0. The van der Waals surface area contributed by atoms with Gasteiger partial charge in [0.25, 0.3) is 0 Å². The minimum atomic E-state index is -1.08. The topological polar surface area (TPSA) is 122 Å². The molecule has 0 unspecified atom stereocenters. The zero-order valence-corrected chi connectivity index (χ0v) is 14.2. The Morgan fingerprint density at radius 2 is 1.92 bits per heavy atom. The van der Waals surface area contributed by atoms with Crippen LogP contribution in [0.5, 0.6) is 0 Å². The van der Waals surface area contributed by atoms with Crippen LogP contribution in [0.25, 0.3) is 23.5 Å². The van der Waals surface area contributed by atoms with E-state index in [1.165, 1.54) is 12.2 Å². The van der Waals surface area contributed by atoms with E-state index in [-0.39, 0.29) is 5.69 Å². The summed E-state index contributed by atoms with van der Waals surface area (Å²) in [6, 6.07) is 8.85. The lowest BCUT2D eigenvalue weighted by Crippen LogP contribution is -2.25. The summed E-state index contributed by atoms with van der Waals surface area (Å²) in [5, 5.41) is 11.6. The lowest BCUT2D eigenvalue weighted by molar-refractivity contribution is -0.386. The molecule has 0 aliphatic rings. The molecule has 2 aromatic heterocycles. The van der Waals surface area contributed by atoms with E-state index in [4.69, 9.17) is 16.0 Å². The van der Waals surface area contributed by atoms with E-state index in [0.29, 0.717) is 16.5 Å². The number of hydrogen-bond acceptors (Lipinski definition) is 5. The fraction of sp³-hybridized carbons (Fsp3) is 0.0588. The first-order chi connectivity index (χ1) is 12.3. The van der Waals surface area contributed by atoms with Crippen molar-refractivity contribution in [1.82, 2.24) is 9.97 Å². The molecular formula is C17H12ClN3O5. The highest BCUT2D eigenvalue weighted by Gasteiger charge is 2.18. The molecule has 8 nitrogen and oxygen atoms in total. The van der Waals surface area contributed by atoms with Crippen molar-refractivity contribution in [3.8, 4) is 11.3 Å². The highest BCUT2D eigenvalue weighted by molar-refractivity contribution is 6.31. The molecule has 0 atom stereocenters. The number of rotatable bonds is 4. The van der Waals surface area contributed by atoms with Gasteiger partial charge in [-0.15, -0.1) is 0 Å². The molecule has 0 amide bonds. The predicted molar refractivity (Wildman–Crippen MR) is 97.2 cm³/mol. The Morgan fingerprint density at radius 3 is 2.62 bits per heavy atom. The molecule has 0 spiro atoms. The Balaban J connectivity index is 1.95. The van der Waals surface area contributed by atoms with Crippen molar-refractivity contribution in [3.63, 3.8) is 0 Å². The van der Waals surface area contributed by atoms with E-state index >= 15 is 0 Å². The van der Waals surface area contributed by atoms with Crippen LogP contribution in [-0.4, -0.2) is 14.9 Å². The molecule has 0 bridgehead atoms. The highest BCUT2D eigenvalue weighted by Crippen LogP contribution is 2.27. The van der Waals surface area contributed by atoms with Crippen molar-refractivity contribution in [1.29, 1.82) is 0 Å². The van der Waals surface area contributed by atoms with Gasteiger partial charge >= 0.3 is 16.9 Å². The standard InChI is InChI=1S/C17H12ClN3O5/c1-9-2-3-10(8-12(9)18)14-7-5-11(26-14)4-6-13-15(21(24)25)16(22)20-17(23)19-13/h2-8H,1H3,(H2,19,20,22,23)/b6-4+. The maximum absolute atomic E-state index is 11.6. The minimum absolute atomic E-state index is 0.222. The molecule has 0 fully saturated rings. The summed E-state index contributed by atoms with van der Waals surface area (Å²) in [5.74, 6) is 0.938. The van der Waals surface area contributed by atoms with Gasteiger partial charge in [0, 0.05) is 10.6 Å². The number of halogens is 1. The summed E-state index contributed by atoms with van der Waals surface area (Å²) in [6.07, 6.45) is 2.65. The van der Waals surface area contributed by atoms with E-state index in [9.17, 15) is 19.7 Å². The van der Waals surface area contributed by atoms with Crippen molar-refractivity contribution >= 4 is 29.4 Å². The normalized spacial score (nSPS) is 11.2. The van der Waals surface area contributed by atoms with Crippen LogP contribution in [-0.2, 0) is 0 Å². The van der Waals surface area contributed by atoms with Gasteiger partial charge in [-0.2, -0.15) is 0 Å². The van der Waals surface area contributed by atoms with Crippen LogP contribution in [0.1, 0.15) is 17.0 Å². The molecule has 0 radical (unpaired) electrons. The summed E-state index contributed by atoms with van der Waals surface area (Å²) in [4.78, 5) is 37.1. The Morgan fingerprint density at radius 1 is 1.15 bits per heavy atom. The maximum atomic E-state index is 11.6.